The van der Waals surface area contributed by atoms with Crippen molar-refractivity contribution in [3.05, 3.63) is 52.0 Å². The highest BCUT2D eigenvalue weighted by Gasteiger charge is 2.26. The largest absolute Gasteiger partial charge is 0.496 e. The summed E-state index contributed by atoms with van der Waals surface area (Å²) in [6.45, 7) is 0.0357. The molecule has 0 aromatic heterocycles. The molecule has 3 rings (SSSR count). The van der Waals surface area contributed by atoms with Gasteiger partial charge in [-0.05, 0) is 36.4 Å². The fourth-order valence-corrected chi connectivity index (χ4v) is 3.70. The molecule has 0 aliphatic carbocycles. The van der Waals surface area contributed by atoms with E-state index in [1.165, 1.54) is 13.2 Å². The van der Waals surface area contributed by atoms with Crippen LogP contribution >= 0.6 is 23.2 Å². The molecule has 2 aromatic carbocycles. The van der Waals surface area contributed by atoms with Crippen molar-refractivity contribution < 1.29 is 17.9 Å². The Morgan fingerprint density at radius 3 is 2.58 bits per heavy atom. The summed E-state index contributed by atoms with van der Waals surface area (Å²) < 4.78 is 38.7. The van der Waals surface area contributed by atoms with Gasteiger partial charge in [-0.2, -0.15) is 8.42 Å². The van der Waals surface area contributed by atoms with Crippen LogP contribution in [0.5, 0.6) is 5.75 Å². The second-order valence-corrected chi connectivity index (χ2v) is 7.33. The quantitative estimate of drug-likeness (QED) is 0.869. The summed E-state index contributed by atoms with van der Waals surface area (Å²) in [6, 6.07) is 9.38. The number of benzene rings is 2. The molecule has 0 amide bonds. The van der Waals surface area contributed by atoms with Gasteiger partial charge in [0.2, 0.25) is 0 Å². The van der Waals surface area contributed by atoms with Gasteiger partial charge in [-0.25, -0.2) is 0 Å². The Morgan fingerprint density at radius 2 is 1.83 bits per heavy atom. The molecule has 0 radical (unpaired) electrons. The molecule has 0 saturated carbocycles. The van der Waals surface area contributed by atoms with E-state index >= 15 is 0 Å². The van der Waals surface area contributed by atoms with Crippen molar-refractivity contribution in [2.45, 2.75) is 11.5 Å². The van der Waals surface area contributed by atoms with Crippen molar-refractivity contribution >= 4 is 44.9 Å². The third kappa shape index (κ3) is 3.43. The molecule has 24 heavy (non-hydrogen) atoms. The van der Waals surface area contributed by atoms with Gasteiger partial charge in [-0.1, -0.05) is 23.2 Å². The summed E-state index contributed by atoms with van der Waals surface area (Å²) in [6.07, 6.45) is 0. The molecule has 0 spiro atoms. The van der Waals surface area contributed by atoms with Gasteiger partial charge in [0, 0.05) is 15.6 Å². The highest BCUT2D eigenvalue weighted by molar-refractivity contribution is 7.90. The van der Waals surface area contributed by atoms with Crippen LogP contribution in [0.15, 0.2) is 45.7 Å². The van der Waals surface area contributed by atoms with Crippen molar-refractivity contribution in [1.29, 1.82) is 0 Å². The average molecular weight is 387 g/mol. The zero-order valence-corrected chi connectivity index (χ0v) is 14.7. The standard InChI is InChI=1S/C15H12Cl2N2O4S/c1-22-13-5-3-10(16)6-9(13)8-23-15-18-12-4-2-11(17)7-14(12)24(20,21)19-15/h2-7H,8H2,1H3,(H,18,19). The van der Waals surface area contributed by atoms with E-state index in [0.717, 1.165) is 0 Å². The van der Waals surface area contributed by atoms with Gasteiger partial charge in [0.25, 0.3) is 10.0 Å². The maximum absolute atomic E-state index is 12.2. The number of halogens is 2. The van der Waals surface area contributed by atoms with E-state index in [9.17, 15) is 8.42 Å². The molecular formula is C15H12Cl2N2O4S. The molecule has 1 aliphatic heterocycles. The van der Waals surface area contributed by atoms with E-state index in [0.29, 0.717) is 27.0 Å². The number of fused-ring (bicyclic) bond motifs is 1. The summed E-state index contributed by atoms with van der Waals surface area (Å²) in [7, 11) is -2.36. The van der Waals surface area contributed by atoms with Crippen molar-refractivity contribution in [3.63, 3.8) is 0 Å². The number of sulfonamides is 1. The monoisotopic (exact) mass is 386 g/mol. The Bertz CT molecular complexity index is 929. The maximum atomic E-state index is 12.2. The second-order valence-electron chi connectivity index (χ2n) is 4.88. The number of ether oxygens (including phenoxy) is 2. The van der Waals surface area contributed by atoms with E-state index < -0.39 is 10.0 Å². The van der Waals surface area contributed by atoms with Crippen LogP contribution in [0.25, 0.3) is 0 Å². The Kier molecular flexibility index (Phi) is 4.58. The Balaban J connectivity index is 1.84. The lowest BCUT2D eigenvalue weighted by Crippen LogP contribution is -2.24. The molecule has 0 atom stereocenters. The minimum Gasteiger partial charge on any atom is -0.496 e. The molecular weight excluding hydrogens is 375 g/mol. The smallest absolute Gasteiger partial charge is 0.305 e. The fraction of sp³-hybridized carbons (Fsp3) is 0.133. The first kappa shape index (κ1) is 16.9. The van der Waals surface area contributed by atoms with Crippen molar-refractivity contribution in [2.24, 2.45) is 4.40 Å². The molecule has 0 fully saturated rings. The summed E-state index contributed by atoms with van der Waals surface area (Å²) in [5, 5.41) is 3.64. The summed E-state index contributed by atoms with van der Waals surface area (Å²) in [5.74, 6) is 0.575. The first-order chi connectivity index (χ1) is 11.4. The predicted molar refractivity (Wildman–Crippen MR) is 92.5 cm³/mol. The first-order valence-corrected chi connectivity index (χ1v) is 8.95. The first-order valence-electron chi connectivity index (χ1n) is 6.76. The molecule has 0 saturated heterocycles. The molecule has 126 valence electrons. The van der Waals surface area contributed by atoms with Crippen molar-refractivity contribution in [1.82, 2.24) is 0 Å². The number of nitrogens with one attached hydrogen (secondary N) is 1. The van der Waals surface area contributed by atoms with Gasteiger partial charge in [0.05, 0.1) is 12.8 Å². The number of hydrogen-bond acceptors (Lipinski definition) is 5. The SMILES string of the molecule is COc1ccc(Cl)cc1COC1=NS(=O)(=O)c2cc(Cl)ccc2N1. The zero-order chi connectivity index (χ0) is 17.3. The van der Waals surface area contributed by atoms with Crippen molar-refractivity contribution in [2.75, 3.05) is 12.4 Å². The molecule has 6 nitrogen and oxygen atoms in total. The molecule has 0 bridgehead atoms. The summed E-state index contributed by atoms with van der Waals surface area (Å²) in [4.78, 5) is 0.00249. The van der Waals surface area contributed by atoms with Crippen LogP contribution in [0.1, 0.15) is 5.56 Å². The van der Waals surface area contributed by atoms with E-state index in [2.05, 4.69) is 9.71 Å². The Hall–Kier alpha value is -1.96. The highest BCUT2D eigenvalue weighted by Crippen LogP contribution is 2.30. The van der Waals surface area contributed by atoms with E-state index in [4.69, 9.17) is 32.7 Å². The molecule has 0 unspecified atom stereocenters. The van der Waals surface area contributed by atoms with Gasteiger partial charge in [-0.15, -0.1) is 4.40 Å². The number of nitrogens with zero attached hydrogens (tertiary/aromatic N) is 1. The summed E-state index contributed by atoms with van der Waals surface area (Å²) in [5.41, 5.74) is 1.01. The minimum absolute atomic E-state index is 0.00249. The van der Waals surface area contributed by atoms with Gasteiger partial charge in [0.15, 0.2) is 0 Å². The number of anilines is 1. The van der Waals surface area contributed by atoms with Gasteiger partial charge < -0.3 is 14.8 Å². The zero-order valence-electron chi connectivity index (χ0n) is 12.4. The van der Waals surface area contributed by atoms with E-state index in [1.54, 1.807) is 30.3 Å². The Labute approximate surface area is 149 Å². The normalized spacial score (nSPS) is 15.0. The van der Waals surface area contributed by atoms with Crippen molar-refractivity contribution in [3.8, 4) is 5.75 Å². The maximum Gasteiger partial charge on any atom is 0.305 e. The van der Waals surface area contributed by atoms with Crippen LogP contribution in [0, 0.1) is 0 Å². The van der Waals surface area contributed by atoms with Crippen LogP contribution in [0.3, 0.4) is 0 Å². The van der Waals surface area contributed by atoms with Gasteiger partial charge in [-0.3, -0.25) is 0 Å². The lowest BCUT2D eigenvalue weighted by molar-refractivity contribution is 0.283. The van der Waals surface area contributed by atoms with Crippen LogP contribution in [-0.2, 0) is 21.4 Å². The third-order valence-corrected chi connectivity index (χ3v) is 5.04. The van der Waals surface area contributed by atoms with E-state index in [1.807, 2.05) is 0 Å². The molecule has 1 heterocycles. The highest BCUT2D eigenvalue weighted by atomic mass is 35.5. The van der Waals surface area contributed by atoms with Gasteiger partial charge in [0.1, 0.15) is 17.3 Å². The minimum atomic E-state index is -3.88. The fourth-order valence-electron chi connectivity index (χ4n) is 2.18. The second kappa shape index (κ2) is 6.51. The Morgan fingerprint density at radius 1 is 1.12 bits per heavy atom. The number of hydrogen-bond donors (Lipinski definition) is 1. The third-order valence-electron chi connectivity index (χ3n) is 3.27. The number of amidine groups is 1. The van der Waals surface area contributed by atoms with Crippen LogP contribution < -0.4 is 10.1 Å². The average Bonchev–Trinajstić information content (AvgIpc) is 2.53. The van der Waals surface area contributed by atoms with Crippen LogP contribution in [-0.4, -0.2) is 21.5 Å². The van der Waals surface area contributed by atoms with Crippen LogP contribution in [0.2, 0.25) is 10.0 Å². The number of methoxy groups -OCH3 is 1. The molecule has 2 aromatic rings. The predicted octanol–water partition coefficient (Wildman–Crippen LogP) is 3.69. The van der Waals surface area contributed by atoms with Crippen LogP contribution in [0.4, 0.5) is 5.69 Å². The van der Waals surface area contributed by atoms with Gasteiger partial charge >= 0.3 is 6.02 Å². The lowest BCUT2D eigenvalue weighted by atomic mass is 10.2. The lowest BCUT2D eigenvalue weighted by Gasteiger charge is -2.19. The van der Waals surface area contributed by atoms with E-state index in [-0.39, 0.29) is 17.5 Å². The topological polar surface area (TPSA) is 77.0 Å². The molecule has 1 N–H and O–H groups in total. The number of rotatable bonds is 3. The summed E-state index contributed by atoms with van der Waals surface area (Å²) >= 11 is 11.8. The molecule has 1 aliphatic rings. The molecule has 9 heteroatoms.